The second kappa shape index (κ2) is 8.90. The summed E-state index contributed by atoms with van der Waals surface area (Å²) in [6, 6.07) is 14.8. The minimum Gasteiger partial charge on any atom is -0.477 e. The Labute approximate surface area is 163 Å². The van der Waals surface area contributed by atoms with Gasteiger partial charge in [-0.1, -0.05) is 18.2 Å². The van der Waals surface area contributed by atoms with E-state index in [1.807, 2.05) is 24.3 Å². The van der Waals surface area contributed by atoms with Crippen LogP contribution in [0, 0.1) is 0 Å². The molecule has 10 heteroatoms. The van der Waals surface area contributed by atoms with Crippen molar-refractivity contribution in [2.75, 3.05) is 5.32 Å². The molecule has 2 aromatic carbocycles. The first-order chi connectivity index (χ1) is 13.2. The van der Waals surface area contributed by atoms with Gasteiger partial charge in [0.2, 0.25) is 0 Å². The molecule has 0 spiro atoms. The molecule has 0 radical (unpaired) electrons. The Bertz CT molecular complexity index is 1040. The maximum atomic E-state index is 11.2. The first-order valence-corrected chi connectivity index (χ1v) is 11.3. The number of benzene rings is 2. The van der Waals surface area contributed by atoms with Gasteiger partial charge in [0.15, 0.2) is 0 Å². The molecule has 0 bridgehead atoms. The van der Waals surface area contributed by atoms with Crippen molar-refractivity contribution in [2.45, 2.75) is 6.92 Å². The van der Waals surface area contributed by atoms with Gasteiger partial charge in [0.1, 0.15) is 5.69 Å². The Morgan fingerprint density at radius 1 is 1.11 bits per heavy atom. The maximum Gasteiger partial charge on any atom is 0.352 e. The van der Waals surface area contributed by atoms with Crippen molar-refractivity contribution in [1.82, 2.24) is 4.57 Å². The van der Waals surface area contributed by atoms with Crippen LogP contribution in [-0.2, 0) is 19.5 Å². The van der Waals surface area contributed by atoms with E-state index in [2.05, 4.69) is 9.19 Å². The molecule has 3 aromatic rings. The number of aromatic nitrogens is 1. The third-order valence-electron chi connectivity index (χ3n) is 3.80. The fourth-order valence-corrected chi connectivity index (χ4v) is 3.78. The summed E-state index contributed by atoms with van der Waals surface area (Å²) in [6.07, 6.45) is 0. The average Bonchev–Trinajstić information content (AvgIpc) is 3.00. The van der Waals surface area contributed by atoms with Crippen LogP contribution < -0.4 is 9.67 Å². The van der Waals surface area contributed by atoms with E-state index < -0.39 is 20.1 Å². The number of anilines is 1. The van der Waals surface area contributed by atoms with Crippen molar-refractivity contribution in [2.24, 2.45) is 7.05 Å². The zero-order valence-corrected chi connectivity index (χ0v) is 16.9. The number of para-hydroxylation sites is 1. The molecule has 1 atom stereocenters. The Hall–Kier alpha value is -2.84. The van der Waals surface area contributed by atoms with E-state index in [9.17, 15) is 13.3 Å². The minimum absolute atomic E-state index is 0.00438. The summed E-state index contributed by atoms with van der Waals surface area (Å²) in [5, 5.41) is 20.5. The number of rotatable bonds is 4. The smallest absolute Gasteiger partial charge is 0.352 e. The van der Waals surface area contributed by atoms with E-state index in [1.54, 1.807) is 17.7 Å². The Kier molecular flexibility index (Phi) is 6.82. The van der Waals surface area contributed by atoms with E-state index in [0.717, 1.165) is 10.9 Å². The average molecular weight is 450 g/mol. The number of nitrogens with one attached hydrogen (secondary N) is 1. The molecule has 0 saturated carbocycles. The van der Waals surface area contributed by atoms with Crippen LogP contribution in [-0.4, -0.2) is 45.1 Å². The topological polar surface area (TPSA) is 138 Å². The van der Waals surface area contributed by atoms with Crippen molar-refractivity contribution in [1.29, 1.82) is 0 Å². The summed E-state index contributed by atoms with van der Waals surface area (Å²) >= 11 is -4.76. The molecule has 4 N–H and O–H groups in total. The van der Waals surface area contributed by atoms with Gasteiger partial charge < -0.3 is 9.67 Å². The summed E-state index contributed by atoms with van der Waals surface area (Å²) in [6.45, 7) is 1.35. The van der Waals surface area contributed by atoms with Crippen molar-refractivity contribution in [3.63, 3.8) is 0 Å². The molecule has 0 aliphatic carbocycles. The van der Waals surface area contributed by atoms with Crippen LogP contribution >= 0.6 is 0 Å². The number of aromatic carboxylic acids is 1. The second-order valence-corrected chi connectivity index (χ2v) is 9.39. The molecule has 0 fully saturated rings. The van der Waals surface area contributed by atoms with Crippen LogP contribution in [0.4, 0.5) is 5.69 Å². The quantitative estimate of drug-likeness (QED) is 0.269. The third kappa shape index (κ3) is 5.11. The molecule has 1 unspecified atom stereocenters. The summed E-state index contributed by atoms with van der Waals surface area (Å²) in [7, 11) is 1.76. The van der Waals surface area contributed by atoms with Gasteiger partial charge in [-0.3, -0.25) is 0 Å². The van der Waals surface area contributed by atoms with Gasteiger partial charge in [-0.15, -0.1) is 0 Å². The first kappa shape index (κ1) is 21.5. The monoisotopic (exact) mass is 450 g/mol. The Morgan fingerprint density at radius 2 is 1.71 bits per heavy atom. The predicted molar refractivity (Wildman–Crippen MR) is 103 cm³/mol. The molecular weight excluding hydrogens is 431 g/mol. The van der Waals surface area contributed by atoms with Crippen molar-refractivity contribution in [3.8, 4) is 0 Å². The minimum atomic E-state index is -4.76. The van der Waals surface area contributed by atoms with Gasteiger partial charge in [0, 0.05) is 18.0 Å². The first-order valence-electron chi connectivity index (χ1n) is 7.97. The van der Waals surface area contributed by atoms with E-state index in [1.165, 1.54) is 31.2 Å². The molecule has 148 valence electrons. The van der Waals surface area contributed by atoms with Gasteiger partial charge in [-0.05, 0) is 12.1 Å². The molecule has 28 heavy (non-hydrogen) atoms. The molecule has 3 rings (SSSR count). The molecular formula is C18H19AsN2O7. The van der Waals surface area contributed by atoms with Gasteiger partial charge in [0.25, 0.3) is 0 Å². The summed E-state index contributed by atoms with van der Waals surface area (Å²) in [5.41, 5.74) is 1.76. The second-order valence-electron chi connectivity index (χ2n) is 5.78. The maximum absolute atomic E-state index is 11.2. The summed E-state index contributed by atoms with van der Waals surface area (Å²) in [4.78, 5) is 21.4. The Balaban J connectivity index is 0.000000202. The molecule has 1 aromatic heterocycles. The molecule has 0 aliphatic heterocycles. The number of carbonyl (C=O) groups excluding carboxylic acids is 1. The van der Waals surface area contributed by atoms with Gasteiger partial charge >= 0.3 is 94.4 Å². The van der Waals surface area contributed by atoms with E-state index in [4.69, 9.17) is 14.5 Å². The number of aryl methyl sites for hydroxylation is 1. The predicted octanol–water partition coefficient (Wildman–Crippen LogP) is 1.58. The van der Waals surface area contributed by atoms with Gasteiger partial charge in [0.05, 0.1) is 0 Å². The third-order valence-corrected chi connectivity index (χ3v) is 6.25. The zero-order chi connectivity index (χ0) is 20.9. The zero-order valence-electron chi connectivity index (χ0n) is 15.1. The van der Waals surface area contributed by atoms with E-state index >= 15 is 0 Å². The van der Waals surface area contributed by atoms with Crippen molar-refractivity contribution in [3.05, 3.63) is 60.3 Å². The van der Waals surface area contributed by atoms with Crippen LogP contribution in [0.1, 0.15) is 17.4 Å². The number of carboxylic acid groups (broad SMARTS) is 1. The van der Waals surface area contributed by atoms with E-state index in [-0.39, 0.29) is 10.3 Å². The fourth-order valence-electron chi connectivity index (χ4n) is 2.48. The fraction of sp³-hybridized carbons (Fsp3) is 0.111. The molecule has 1 amide bonds. The summed E-state index contributed by atoms with van der Waals surface area (Å²) in [5.74, 6) is -1.13. The number of carboxylic acids is 1. The molecule has 0 aliphatic rings. The van der Waals surface area contributed by atoms with Crippen LogP contribution in [0.25, 0.3) is 10.9 Å². The molecule has 9 nitrogen and oxygen atoms in total. The van der Waals surface area contributed by atoms with Crippen LogP contribution in [0.2, 0.25) is 0 Å². The van der Waals surface area contributed by atoms with Crippen LogP contribution in [0.3, 0.4) is 0 Å². The Morgan fingerprint density at radius 3 is 2.21 bits per heavy atom. The van der Waals surface area contributed by atoms with Gasteiger partial charge in [-0.25, -0.2) is 4.79 Å². The number of amides is 1. The normalized spacial score (nSPS) is 12.6. The number of fused-ring (bicyclic) bond motifs is 1. The molecule has 1 heterocycles. The van der Waals surface area contributed by atoms with Crippen LogP contribution in [0.15, 0.2) is 54.6 Å². The van der Waals surface area contributed by atoms with Gasteiger partial charge in [-0.2, -0.15) is 0 Å². The number of hydrogen-bond donors (Lipinski definition) is 4. The largest absolute Gasteiger partial charge is 0.477 e. The number of hydrogen-bond acceptors (Lipinski definition) is 5. The van der Waals surface area contributed by atoms with Crippen LogP contribution in [0.5, 0.6) is 0 Å². The number of carbonyl (C=O) groups is 2. The SMILES string of the molecule is CC(=O)Nc1ccc([As](=O)(O)OO)cc1.Cn1c(C(=O)O)cc2ccccc21. The summed E-state index contributed by atoms with van der Waals surface area (Å²) < 4.78 is 25.5. The van der Waals surface area contributed by atoms with Crippen molar-refractivity contribution < 1.29 is 31.7 Å². The number of nitrogens with zero attached hydrogens (tertiary/aromatic N) is 1. The van der Waals surface area contributed by atoms with Crippen molar-refractivity contribution >= 4 is 47.0 Å². The standard InChI is InChI=1S/C10H9NO2.C8H10AsNO5/c1-11-8-5-3-2-4-7(8)6-9(11)10(12)13;1-6(11)10-8-4-2-7(3-5-8)9(12,13)15-14/h2-6H,1H3,(H,12,13);2-5,14H,1H3,(H,10,11)(H,12,13). The molecule has 0 saturated heterocycles. The van der Waals surface area contributed by atoms with E-state index in [0.29, 0.717) is 11.4 Å².